The molecule has 4 atom stereocenters. The largest absolute Gasteiger partial charge is 0.481 e. The van der Waals surface area contributed by atoms with E-state index < -0.39 is 15.6 Å². The summed E-state index contributed by atoms with van der Waals surface area (Å²) in [4.78, 5) is 27.9. The minimum Gasteiger partial charge on any atom is -0.302 e. The van der Waals surface area contributed by atoms with Crippen molar-refractivity contribution in [2.75, 3.05) is 6.61 Å². The van der Waals surface area contributed by atoms with Crippen molar-refractivity contribution < 1.29 is 32.6 Å². The molecule has 1 aliphatic carbocycles. The van der Waals surface area contributed by atoms with Gasteiger partial charge in [-0.25, -0.2) is 9.13 Å². The fourth-order valence-electron chi connectivity index (χ4n) is 6.23. The summed E-state index contributed by atoms with van der Waals surface area (Å²) in [5.74, 6) is 0.0691. The number of phosphoric acid groups is 2. The second-order valence-corrected chi connectivity index (χ2v) is 17.8. The summed E-state index contributed by atoms with van der Waals surface area (Å²) in [6.07, 6.45) is 28.3. The van der Waals surface area contributed by atoms with Gasteiger partial charge in [-0.2, -0.15) is 4.31 Å². The molecule has 0 heterocycles. The predicted octanol–water partition coefficient (Wildman–Crippen LogP) is 12.8. The van der Waals surface area contributed by atoms with Gasteiger partial charge < -0.3 is 14.7 Å². The predicted molar refractivity (Wildman–Crippen MR) is 207 cm³/mol. The highest BCUT2D eigenvalue weighted by Crippen LogP contribution is 2.65. The van der Waals surface area contributed by atoms with Crippen LogP contribution in [-0.2, 0) is 18.0 Å². The lowest BCUT2D eigenvalue weighted by molar-refractivity contribution is 0.166. The molecule has 0 amide bonds. The fraction of sp³-hybridized carbons (Fsp3) is 0.650. The molecule has 0 bridgehead atoms. The van der Waals surface area contributed by atoms with Crippen LogP contribution in [-0.4, -0.2) is 21.3 Å². The van der Waals surface area contributed by atoms with Gasteiger partial charge in [-0.05, 0) is 157 Å². The van der Waals surface area contributed by atoms with E-state index in [1.807, 2.05) is 0 Å². The monoisotopic (exact) mass is 722 g/mol. The maximum absolute atomic E-state index is 12.2. The highest BCUT2D eigenvalue weighted by atomic mass is 31.3. The first-order valence-electron chi connectivity index (χ1n) is 18.0. The van der Waals surface area contributed by atoms with Gasteiger partial charge in [-0.3, -0.25) is 4.52 Å². The van der Waals surface area contributed by atoms with Crippen LogP contribution in [0.3, 0.4) is 0 Å². The Kier molecular flexibility index (Phi) is 20.8. The van der Waals surface area contributed by atoms with Crippen molar-refractivity contribution in [3.8, 4) is 0 Å². The van der Waals surface area contributed by atoms with Gasteiger partial charge in [0, 0.05) is 0 Å². The Balaban J connectivity index is 2.80. The summed E-state index contributed by atoms with van der Waals surface area (Å²) in [6.45, 7) is 21.5. The molecule has 9 heteroatoms. The second kappa shape index (κ2) is 22.4. The minimum atomic E-state index is -5.17. The lowest BCUT2D eigenvalue weighted by Gasteiger charge is -2.14. The van der Waals surface area contributed by atoms with Crippen LogP contribution in [0.2, 0.25) is 0 Å². The van der Waals surface area contributed by atoms with E-state index in [0.29, 0.717) is 0 Å². The molecule has 1 fully saturated rings. The third kappa shape index (κ3) is 21.4. The van der Waals surface area contributed by atoms with Crippen LogP contribution >= 0.6 is 15.6 Å². The van der Waals surface area contributed by atoms with Crippen molar-refractivity contribution in [2.45, 2.75) is 146 Å². The van der Waals surface area contributed by atoms with Crippen LogP contribution in [0.5, 0.6) is 0 Å². The van der Waals surface area contributed by atoms with Crippen LogP contribution in [0.1, 0.15) is 146 Å². The van der Waals surface area contributed by atoms with Gasteiger partial charge >= 0.3 is 15.6 Å². The first-order valence-corrected chi connectivity index (χ1v) is 21.1. The molecule has 1 saturated carbocycles. The Morgan fingerprint density at radius 2 is 0.959 bits per heavy atom. The quantitative estimate of drug-likeness (QED) is 0.0671. The molecule has 280 valence electrons. The van der Waals surface area contributed by atoms with Crippen molar-refractivity contribution in [3.05, 3.63) is 81.5 Å². The van der Waals surface area contributed by atoms with E-state index in [0.717, 1.165) is 77.0 Å². The second-order valence-electron chi connectivity index (χ2n) is 15.0. The standard InChI is InChI=1S/C40H68O7P2/c1-31(2)17-11-19-33(5)21-13-23-35(7)25-15-26-37(9)29-38-39(30-46-49(44,45)47-48(41,42)43)40(38,10)28-16-27-36(8)24-14-22-34(6)20-12-18-32(3)4/h17-18,21-22,25,27,29,38-39H,11-16,19-20,23-24,26,28,30H2,1-10H3,(H,44,45)(H2,41,42,43)/t38-,39-,40-/m1/s1. The topological polar surface area (TPSA) is 113 Å². The Morgan fingerprint density at radius 3 is 1.35 bits per heavy atom. The number of hydrogen-bond donors (Lipinski definition) is 3. The minimum absolute atomic E-state index is 0.0626. The van der Waals surface area contributed by atoms with Crippen molar-refractivity contribution in [1.82, 2.24) is 0 Å². The molecular weight excluding hydrogens is 654 g/mol. The van der Waals surface area contributed by atoms with E-state index in [1.54, 1.807) is 0 Å². The van der Waals surface area contributed by atoms with Crippen LogP contribution in [0.4, 0.5) is 0 Å². The number of rotatable bonds is 24. The fourth-order valence-corrected chi connectivity index (χ4v) is 7.84. The Morgan fingerprint density at radius 1 is 0.592 bits per heavy atom. The Bertz CT molecular complexity index is 1350. The Hall–Kier alpha value is -1.56. The molecule has 0 radical (unpaired) electrons. The molecule has 3 N–H and O–H groups in total. The third-order valence-electron chi connectivity index (χ3n) is 9.48. The highest BCUT2D eigenvalue weighted by molar-refractivity contribution is 7.60. The van der Waals surface area contributed by atoms with Crippen LogP contribution in [0, 0.1) is 17.3 Å². The number of allylic oxidation sites excluding steroid dienone is 14. The van der Waals surface area contributed by atoms with Crippen LogP contribution in [0.25, 0.3) is 0 Å². The average Bonchev–Trinajstić information content (AvgIpc) is 3.50. The first kappa shape index (κ1) is 45.5. The zero-order valence-electron chi connectivity index (χ0n) is 32.3. The van der Waals surface area contributed by atoms with Gasteiger partial charge in [0.25, 0.3) is 0 Å². The van der Waals surface area contributed by atoms with E-state index in [2.05, 4.69) is 116 Å². The molecule has 0 spiro atoms. The Labute approximate surface area is 299 Å². The maximum Gasteiger partial charge on any atom is 0.481 e. The zero-order chi connectivity index (χ0) is 37.3. The summed E-state index contributed by atoms with van der Waals surface area (Å²) < 4.78 is 32.5. The average molecular weight is 723 g/mol. The molecule has 0 aromatic carbocycles. The molecule has 49 heavy (non-hydrogen) atoms. The SMILES string of the molecule is CC(C)=CCCC(C)=CCCC(C)=CCCC(C)=C[C@@H]1[C@@H](COP(=O)(O)OP(=O)(O)O)[C@]1(C)CCC=C(C)CCC=C(C)CCC=C(C)C. The number of hydrogen-bond acceptors (Lipinski definition) is 4. The molecule has 1 rings (SSSR count). The van der Waals surface area contributed by atoms with E-state index in [4.69, 9.17) is 14.3 Å². The van der Waals surface area contributed by atoms with E-state index in [9.17, 15) is 14.0 Å². The third-order valence-corrected chi connectivity index (χ3v) is 11.6. The summed E-state index contributed by atoms with van der Waals surface area (Å²) in [5, 5.41) is 0. The first-order chi connectivity index (χ1) is 22.7. The van der Waals surface area contributed by atoms with Crippen molar-refractivity contribution >= 4 is 15.6 Å². The van der Waals surface area contributed by atoms with Gasteiger partial charge in [0.1, 0.15) is 0 Å². The molecular formula is C40H68O7P2. The molecule has 1 unspecified atom stereocenters. The van der Waals surface area contributed by atoms with Gasteiger partial charge in [0.05, 0.1) is 6.61 Å². The molecule has 0 aromatic rings. The molecule has 1 aliphatic rings. The molecule has 0 saturated heterocycles. The van der Waals surface area contributed by atoms with Gasteiger partial charge in [-0.15, -0.1) is 0 Å². The smallest absolute Gasteiger partial charge is 0.302 e. The summed E-state index contributed by atoms with van der Waals surface area (Å²) in [5.41, 5.74) is 9.43. The van der Waals surface area contributed by atoms with Gasteiger partial charge in [0.15, 0.2) is 0 Å². The van der Waals surface area contributed by atoms with Crippen LogP contribution in [0.15, 0.2) is 81.5 Å². The summed E-state index contributed by atoms with van der Waals surface area (Å²) >= 11 is 0. The molecule has 0 aromatic heterocycles. The number of phosphoric ester groups is 1. The lowest BCUT2D eigenvalue weighted by atomic mass is 9.95. The summed E-state index contributed by atoms with van der Waals surface area (Å²) in [7, 11) is -10.1. The van der Waals surface area contributed by atoms with Crippen molar-refractivity contribution in [1.29, 1.82) is 0 Å². The van der Waals surface area contributed by atoms with Gasteiger partial charge in [-0.1, -0.05) is 88.5 Å². The van der Waals surface area contributed by atoms with E-state index >= 15 is 0 Å². The van der Waals surface area contributed by atoms with Crippen molar-refractivity contribution in [2.24, 2.45) is 17.3 Å². The van der Waals surface area contributed by atoms with E-state index in [1.165, 1.54) is 39.0 Å². The molecule has 0 aliphatic heterocycles. The van der Waals surface area contributed by atoms with E-state index in [-0.39, 0.29) is 23.9 Å². The van der Waals surface area contributed by atoms with Gasteiger partial charge in [0.2, 0.25) is 0 Å². The molecule has 7 nitrogen and oxygen atoms in total. The zero-order valence-corrected chi connectivity index (χ0v) is 34.0. The maximum atomic E-state index is 12.2. The summed E-state index contributed by atoms with van der Waals surface area (Å²) in [6, 6.07) is 0. The van der Waals surface area contributed by atoms with Crippen molar-refractivity contribution in [3.63, 3.8) is 0 Å². The highest BCUT2D eigenvalue weighted by Gasteiger charge is 2.59. The van der Waals surface area contributed by atoms with Crippen LogP contribution < -0.4 is 0 Å². The lowest BCUT2D eigenvalue weighted by Crippen LogP contribution is -2.04. The normalized spacial score (nSPS) is 22.2.